The van der Waals surface area contributed by atoms with Gasteiger partial charge in [0.05, 0.1) is 6.61 Å². The number of benzene rings is 3. The fourth-order valence-corrected chi connectivity index (χ4v) is 4.74. The predicted octanol–water partition coefficient (Wildman–Crippen LogP) is 6.30. The fourth-order valence-electron chi connectivity index (χ4n) is 4.55. The number of hydrogen-bond donors (Lipinski definition) is 0. The van der Waals surface area contributed by atoms with Crippen LogP contribution in [0.4, 0.5) is 5.69 Å². The van der Waals surface area contributed by atoms with Gasteiger partial charge < -0.3 is 19.3 Å². The maximum atomic E-state index is 13.3. The Bertz CT molecular complexity index is 1370. The van der Waals surface area contributed by atoms with E-state index in [-0.39, 0.29) is 18.1 Å². The van der Waals surface area contributed by atoms with Crippen LogP contribution in [0.3, 0.4) is 0 Å². The number of halogens is 1. The smallest absolute Gasteiger partial charge is 0.264 e. The molecule has 0 bridgehead atoms. The molecular weight excluding hydrogens is 510 g/mol. The molecule has 1 amide bonds. The molecule has 3 aromatic rings. The second-order valence-corrected chi connectivity index (χ2v) is 9.50. The van der Waals surface area contributed by atoms with Crippen molar-refractivity contribution in [2.75, 3.05) is 37.7 Å². The summed E-state index contributed by atoms with van der Waals surface area (Å²) in [4.78, 5) is 17.3. The Hall–Kier alpha value is -4.21. The first-order valence-corrected chi connectivity index (χ1v) is 13.4. The Labute approximate surface area is 235 Å². The number of carbonyl (C=O) groups is 1. The monoisotopic (exact) mass is 541 g/mol. The van der Waals surface area contributed by atoms with Gasteiger partial charge in [0.2, 0.25) is 0 Å². The SMILES string of the molecule is C=CCc1cc(/C=C(/C#N)C(=O)N2CCN(c3ccccc3)CC2)cc(OCC)c1OCc1ccccc1Cl. The van der Waals surface area contributed by atoms with E-state index in [9.17, 15) is 10.1 Å². The zero-order valence-corrected chi connectivity index (χ0v) is 22.9. The van der Waals surface area contributed by atoms with Crippen LogP contribution in [0, 0.1) is 11.3 Å². The Balaban J connectivity index is 1.55. The molecule has 200 valence electrons. The number of nitriles is 1. The molecule has 0 aromatic heterocycles. The highest BCUT2D eigenvalue weighted by molar-refractivity contribution is 6.31. The van der Waals surface area contributed by atoms with Gasteiger partial charge in [-0.25, -0.2) is 0 Å². The van der Waals surface area contributed by atoms with Crippen molar-refractivity contribution in [2.24, 2.45) is 0 Å². The molecule has 7 heteroatoms. The first kappa shape index (κ1) is 27.8. The Kier molecular flexibility index (Phi) is 9.66. The van der Waals surface area contributed by atoms with Gasteiger partial charge in [-0.05, 0) is 55.3 Å². The summed E-state index contributed by atoms with van der Waals surface area (Å²) in [6.07, 6.45) is 3.93. The Morgan fingerprint density at radius 3 is 2.41 bits per heavy atom. The number of carbonyl (C=O) groups excluding carboxylic acids is 1. The van der Waals surface area contributed by atoms with E-state index < -0.39 is 0 Å². The van der Waals surface area contributed by atoms with E-state index in [1.165, 1.54) is 0 Å². The summed E-state index contributed by atoms with van der Waals surface area (Å²) in [7, 11) is 0. The molecule has 1 saturated heterocycles. The molecule has 39 heavy (non-hydrogen) atoms. The number of hydrogen-bond acceptors (Lipinski definition) is 5. The van der Waals surface area contributed by atoms with Gasteiger partial charge in [0, 0.05) is 48.0 Å². The third kappa shape index (κ3) is 7.01. The number of piperazine rings is 1. The fraction of sp³-hybridized carbons (Fsp3) is 0.250. The van der Waals surface area contributed by atoms with Crippen LogP contribution >= 0.6 is 11.6 Å². The van der Waals surface area contributed by atoms with Crippen LogP contribution in [-0.2, 0) is 17.8 Å². The number of nitrogens with zero attached hydrogens (tertiary/aromatic N) is 3. The van der Waals surface area contributed by atoms with Gasteiger partial charge in [-0.1, -0.05) is 54.1 Å². The van der Waals surface area contributed by atoms with Crippen molar-refractivity contribution in [3.8, 4) is 17.6 Å². The number of amides is 1. The molecular formula is C32H32ClN3O3. The summed E-state index contributed by atoms with van der Waals surface area (Å²) in [6.45, 7) is 9.00. The molecule has 1 aliphatic rings. The van der Waals surface area contributed by atoms with Crippen LogP contribution in [0.1, 0.15) is 23.6 Å². The molecule has 4 rings (SSSR count). The number of rotatable bonds is 10. The van der Waals surface area contributed by atoms with Crippen LogP contribution in [0.25, 0.3) is 6.08 Å². The molecule has 0 aliphatic carbocycles. The van der Waals surface area contributed by atoms with Crippen molar-refractivity contribution >= 4 is 29.3 Å². The van der Waals surface area contributed by atoms with E-state index in [0.717, 1.165) is 16.8 Å². The molecule has 0 N–H and O–H groups in total. The Morgan fingerprint density at radius 1 is 1.03 bits per heavy atom. The van der Waals surface area contributed by atoms with Crippen LogP contribution in [-0.4, -0.2) is 43.6 Å². The molecule has 1 heterocycles. The van der Waals surface area contributed by atoms with Crippen LogP contribution in [0.15, 0.2) is 85.0 Å². The second kappa shape index (κ2) is 13.5. The standard InChI is InChI=1S/C32H32ClN3O3/c1-3-10-25-19-24(21-30(38-4-2)31(25)39-23-26-11-8-9-14-29(26)33)20-27(22-34)32(37)36-17-15-35(16-18-36)28-12-6-5-7-13-28/h3,5-9,11-14,19-21H,1,4,10,15-18,23H2,2H3/b27-20-. The number of anilines is 1. The van der Waals surface area contributed by atoms with Gasteiger partial charge in [-0.2, -0.15) is 5.26 Å². The summed E-state index contributed by atoms with van der Waals surface area (Å²) in [5.74, 6) is 0.861. The van der Waals surface area contributed by atoms with Crippen molar-refractivity contribution in [1.82, 2.24) is 4.90 Å². The maximum absolute atomic E-state index is 13.3. The molecule has 0 unspecified atom stereocenters. The molecule has 0 atom stereocenters. The van der Waals surface area contributed by atoms with Gasteiger partial charge in [-0.3, -0.25) is 4.79 Å². The lowest BCUT2D eigenvalue weighted by Gasteiger charge is -2.36. The van der Waals surface area contributed by atoms with Gasteiger partial charge in [0.25, 0.3) is 5.91 Å². The molecule has 1 aliphatic heterocycles. The van der Waals surface area contributed by atoms with Crippen LogP contribution in [0.5, 0.6) is 11.5 Å². The minimum absolute atomic E-state index is 0.0832. The predicted molar refractivity (Wildman–Crippen MR) is 156 cm³/mol. The van der Waals surface area contributed by atoms with Crippen LogP contribution < -0.4 is 14.4 Å². The normalized spacial score (nSPS) is 13.5. The highest BCUT2D eigenvalue weighted by Gasteiger charge is 2.24. The summed E-state index contributed by atoms with van der Waals surface area (Å²) >= 11 is 6.32. The number of allylic oxidation sites excluding steroid dienone is 1. The first-order valence-electron chi connectivity index (χ1n) is 13.0. The van der Waals surface area contributed by atoms with E-state index in [1.54, 1.807) is 23.1 Å². The van der Waals surface area contributed by atoms with Crippen LogP contribution in [0.2, 0.25) is 5.02 Å². The zero-order chi connectivity index (χ0) is 27.6. The van der Waals surface area contributed by atoms with Crippen molar-refractivity contribution in [1.29, 1.82) is 5.26 Å². The average molecular weight is 542 g/mol. The van der Waals surface area contributed by atoms with Gasteiger partial charge in [0.1, 0.15) is 18.2 Å². The summed E-state index contributed by atoms with van der Waals surface area (Å²) in [5, 5.41) is 10.5. The highest BCUT2D eigenvalue weighted by Crippen LogP contribution is 2.36. The van der Waals surface area contributed by atoms with Gasteiger partial charge in [-0.15, -0.1) is 6.58 Å². The lowest BCUT2D eigenvalue weighted by molar-refractivity contribution is -0.126. The van der Waals surface area contributed by atoms with E-state index in [1.807, 2.05) is 55.5 Å². The molecule has 0 saturated carbocycles. The summed E-state index contributed by atoms with van der Waals surface area (Å²) in [5.41, 5.74) is 3.61. The summed E-state index contributed by atoms with van der Waals surface area (Å²) in [6, 6.07) is 23.5. The number of para-hydroxylation sites is 1. The summed E-state index contributed by atoms with van der Waals surface area (Å²) < 4.78 is 12.1. The highest BCUT2D eigenvalue weighted by atomic mass is 35.5. The van der Waals surface area contributed by atoms with Gasteiger partial charge in [0.15, 0.2) is 11.5 Å². The molecule has 6 nitrogen and oxygen atoms in total. The zero-order valence-electron chi connectivity index (χ0n) is 22.1. The molecule has 0 radical (unpaired) electrons. The molecule has 0 spiro atoms. The van der Waals surface area contributed by atoms with Crippen molar-refractivity contribution in [2.45, 2.75) is 20.0 Å². The van der Waals surface area contributed by atoms with E-state index in [4.69, 9.17) is 21.1 Å². The van der Waals surface area contributed by atoms with E-state index >= 15 is 0 Å². The van der Waals surface area contributed by atoms with Gasteiger partial charge >= 0.3 is 0 Å². The minimum atomic E-state index is -0.271. The van der Waals surface area contributed by atoms with Crippen molar-refractivity contribution < 1.29 is 14.3 Å². The first-order chi connectivity index (χ1) is 19.0. The average Bonchev–Trinajstić information content (AvgIpc) is 2.97. The third-order valence-electron chi connectivity index (χ3n) is 6.50. The largest absolute Gasteiger partial charge is 0.490 e. The minimum Gasteiger partial charge on any atom is -0.490 e. The lowest BCUT2D eigenvalue weighted by Crippen LogP contribution is -2.49. The van der Waals surface area contributed by atoms with Crippen molar-refractivity contribution in [3.63, 3.8) is 0 Å². The quantitative estimate of drug-likeness (QED) is 0.171. The second-order valence-electron chi connectivity index (χ2n) is 9.10. The molecule has 1 fully saturated rings. The topological polar surface area (TPSA) is 65.8 Å². The van der Waals surface area contributed by atoms with E-state index in [0.29, 0.717) is 61.3 Å². The van der Waals surface area contributed by atoms with Crippen molar-refractivity contribution in [3.05, 3.63) is 107 Å². The third-order valence-corrected chi connectivity index (χ3v) is 6.87. The maximum Gasteiger partial charge on any atom is 0.264 e. The number of ether oxygens (including phenoxy) is 2. The van der Waals surface area contributed by atoms with E-state index in [2.05, 4.69) is 29.7 Å². The lowest BCUT2D eigenvalue weighted by atomic mass is 10.0. The Morgan fingerprint density at radius 2 is 1.74 bits per heavy atom. The molecule has 3 aromatic carbocycles.